The molecule has 1 aromatic heterocycles. The lowest BCUT2D eigenvalue weighted by Crippen LogP contribution is -2.20. The zero-order valence-corrected chi connectivity index (χ0v) is 14.0. The highest BCUT2D eigenvalue weighted by Crippen LogP contribution is 2.16. The largest absolute Gasteiger partial charge is 0.293 e. The van der Waals surface area contributed by atoms with Crippen molar-refractivity contribution in [3.8, 4) is 0 Å². The molecule has 0 radical (unpaired) electrons. The summed E-state index contributed by atoms with van der Waals surface area (Å²) in [6.45, 7) is 0. The molecule has 0 spiro atoms. The average Bonchev–Trinajstić information content (AvgIpc) is 2.45. The van der Waals surface area contributed by atoms with Crippen molar-refractivity contribution in [1.29, 1.82) is 0 Å². The summed E-state index contributed by atoms with van der Waals surface area (Å²) in [7, 11) is -3.68. The molecule has 0 unspecified atom stereocenters. The molecule has 0 bridgehead atoms. The van der Waals surface area contributed by atoms with Crippen LogP contribution in [0.4, 0.5) is 5.69 Å². The number of carbonyl (C=O) groups excluding carboxylic acids is 1. The number of nitrogens with zero attached hydrogens (tertiary/aromatic N) is 1. The summed E-state index contributed by atoms with van der Waals surface area (Å²) in [6.07, 6.45) is 1.25. The van der Waals surface area contributed by atoms with E-state index in [4.69, 9.17) is 16.8 Å². The lowest BCUT2D eigenvalue weighted by Gasteiger charge is -2.09. The second-order valence-electron chi connectivity index (χ2n) is 4.36. The van der Waals surface area contributed by atoms with Crippen molar-refractivity contribution >= 4 is 45.6 Å². The van der Waals surface area contributed by atoms with E-state index >= 15 is 0 Å². The van der Waals surface area contributed by atoms with Gasteiger partial charge in [-0.3, -0.25) is 19.7 Å². The molecule has 124 valence electrons. The zero-order valence-electron chi connectivity index (χ0n) is 11.6. The Labute approximate surface area is 144 Å². The van der Waals surface area contributed by atoms with Crippen molar-refractivity contribution < 1.29 is 18.4 Å². The van der Waals surface area contributed by atoms with Crippen LogP contribution in [0.15, 0.2) is 42.6 Å². The van der Waals surface area contributed by atoms with Gasteiger partial charge in [0.2, 0.25) is 10.0 Å². The van der Waals surface area contributed by atoms with Gasteiger partial charge in [0, 0.05) is 11.2 Å². The molecular weight excluding hydrogens is 365 g/mol. The van der Waals surface area contributed by atoms with Crippen LogP contribution in [-0.4, -0.2) is 24.5 Å². The lowest BCUT2D eigenvalue weighted by molar-refractivity contribution is 0.0701. The molecule has 0 aliphatic rings. The summed E-state index contributed by atoms with van der Waals surface area (Å²) in [4.78, 5) is 15.0. The molecule has 10 heteroatoms. The Hall–Kier alpha value is -1.87. The first kappa shape index (κ1) is 19.2. The molecule has 2 aromatic rings. The summed E-state index contributed by atoms with van der Waals surface area (Å²) in [5.41, 5.74) is 2.00. The van der Waals surface area contributed by atoms with Crippen LogP contribution < -0.4 is 10.2 Å². The monoisotopic (exact) mass is 377 g/mol. The van der Waals surface area contributed by atoms with Gasteiger partial charge in [-0.2, -0.15) is 0 Å². The van der Waals surface area contributed by atoms with E-state index in [2.05, 4.69) is 9.71 Å². The first-order chi connectivity index (χ1) is 10.4. The molecular formula is C13H13Cl2N3O4S. The number of aromatic nitrogens is 1. The Morgan fingerprint density at radius 1 is 1.26 bits per heavy atom. The van der Waals surface area contributed by atoms with Crippen molar-refractivity contribution in [2.75, 3.05) is 4.72 Å². The first-order valence-corrected chi connectivity index (χ1v) is 8.08. The minimum Gasteiger partial charge on any atom is -0.288 e. The molecule has 0 saturated carbocycles. The predicted octanol–water partition coefficient (Wildman–Crippen LogP) is 2.22. The van der Waals surface area contributed by atoms with E-state index in [0.717, 1.165) is 0 Å². The number of hydrogen-bond acceptors (Lipinski definition) is 5. The number of pyridine rings is 1. The second-order valence-corrected chi connectivity index (χ2v) is 6.52. The maximum absolute atomic E-state index is 12.1. The van der Waals surface area contributed by atoms with Gasteiger partial charge in [-0.05, 0) is 29.8 Å². The SMILES string of the molecule is Cl.O=C(NO)c1cc(NS(=O)(=O)Cc2cccc(Cl)c2)ccn1. The van der Waals surface area contributed by atoms with Crippen LogP contribution in [0, 0.1) is 0 Å². The molecule has 0 aliphatic heterocycles. The van der Waals surface area contributed by atoms with Gasteiger partial charge in [0.15, 0.2) is 0 Å². The van der Waals surface area contributed by atoms with Crippen molar-refractivity contribution in [2.24, 2.45) is 0 Å². The number of hydrogen-bond donors (Lipinski definition) is 3. The quantitative estimate of drug-likeness (QED) is 0.546. The Morgan fingerprint density at radius 2 is 2.00 bits per heavy atom. The van der Waals surface area contributed by atoms with Gasteiger partial charge in [-0.1, -0.05) is 23.7 Å². The van der Waals surface area contributed by atoms with Gasteiger partial charge in [-0.15, -0.1) is 12.4 Å². The average molecular weight is 378 g/mol. The molecule has 23 heavy (non-hydrogen) atoms. The van der Waals surface area contributed by atoms with E-state index in [9.17, 15) is 13.2 Å². The van der Waals surface area contributed by atoms with Crippen LogP contribution in [0.3, 0.4) is 0 Å². The fraction of sp³-hybridized carbons (Fsp3) is 0.0769. The Morgan fingerprint density at radius 3 is 2.65 bits per heavy atom. The first-order valence-electron chi connectivity index (χ1n) is 6.05. The Bertz CT molecular complexity index is 799. The van der Waals surface area contributed by atoms with Crippen molar-refractivity contribution in [2.45, 2.75) is 5.75 Å². The van der Waals surface area contributed by atoms with Crippen LogP contribution in [0.1, 0.15) is 16.1 Å². The fourth-order valence-corrected chi connectivity index (χ4v) is 3.13. The van der Waals surface area contributed by atoms with E-state index in [0.29, 0.717) is 10.6 Å². The lowest BCUT2D eigenvalue weighted by atomic mass is 10.2. The molecule has 1 heterocycles. The van der Waals surface area contributed by atoms with Gasteiger partial charge in [-0.25, -0.2) is 13.9 Å². The normalized spacial score (nSPS) is 10.5. The molecule has 0 atom stereocenters. The van der Waals surface area contributed by atoms with E-state index < -0.39 is 15.9 Å². The topological polar surface area (TPSA) is 108 Å². The molecule has 0 saturated heterocycles. The van der Waals surface area contributed by atoms with Crippen LogP contribution in [0.2, 0.25) is 5.02 Å². The van der Waals surface area contributed by atoms with Crippen molar-refractivity contribution in [3.63, 3.8) is 0 Å². The summed E-state index contributed by atoms with van der Waals surface area (Å²) in [5, 5.41) is 8.98. The van der Waals surface area contributed by atoms with E-state index in [1.54, 1.807) is 24.3 Å². The summed E-state index contributed by atoms with van der Waals surface area (Å²) >= 11 is 5.81. The highest BCUT2D eigenvalue weighted by atomic mass is 35.5. The second kappa shape index (κ2) is 8.11. The van der Waals surface area contributed by atoms with Crippen LogP contribution >= 0.6 is 24.0 Å². The molecule has 1 amide bonds. The number of benzene rings is 1. The number of nitrogens with one attached hydrogen (secondary N) is 2. The number of rotatable bonds is 5. The summed E-state index contributed by atoms with van der Waals surface area (Å²) < 4.78 is 26.5. The number of carbonyl (C=O) groups is 1. The molecule has 2 rings (SSSR count). The standard InChI is InChI=1S/C13H12ClN3O4S.ClH/c14-10-3-1-2-9(6-10)8-22(20,21)17-11-4-5-15-12(7-11)13(18)16-19;/h1-7,19H,8H2,(H,15,17)(H,16,18);1H. The van der Waals surface area contributed by atoms with Crippen LogP contribution in [-0.2, 0) is 15.8 Å². The number of hydroxylamine groups is 1. The highest BCUT2D eigenvalue weighted by Gasteiger charge is 2.14. The van der Waals surface area contributed by atoms with Crippen molar-refractivity contribution in [3.05, 3.63) is 58.9 Å². The van der Waals surface area contributed by atoms with E-state index in [-0.39, 0.29) is 29.5 Å². The molecule has 7 nitrogen and oxygen atoms in total. The maximum Gasteiger partial charge on any atom is 0.293 e. The number of sulfonamides is 1. The minimum absolute atomic E-state index is 0. The van der Waals surface area contributed by atoms with Crippen LogP contribution in [0.25, 0.3) is 0 Å². The zero-order chi connectivity index (χ0) is 16.2. The summed E-state index contributed by atoms with van der Waals surface area (Å²) in [5.74, 6) is -1.10. The van der Waals surface area contributed by atoms with E-state index in [1.807, 2.05) is 0 Å². The smallest absolute Gasteiger partial charge is 0.288 e. The van der Waals surface area contributed by atoms with Gasteiger partial charge < -0.3 is 0 Å². The molecule has 1 aromatic carbocycles. The summed E-state index contributed by atoms with van der Waals surface area (Å²) in [6, 6.07) is 9.10. The van der Waals surface area contributed by atoms with Gasteiger partial charge in [0.05, 0.1) is 11.4 Å². The number of anilines is 1. The maximum atomic E-state index is 12.1. The molecule has 3 N–H and O–H groups in total. The third kappa shape index (κ3) is 5.68. The molecule has 0 aliphatic carbocycles. The predicted molar refractivity (Wildman–Crippen MR) is 88.4 cm³/mol. The Kier molecular flexibility index (Phi) is 6.77. The Balaban J connectivity index is 0.00000264. The fourth-order valence-electron chi connectivity index (χ4n) is 1.74. The van der Waals surface area contributed by atoms with Crippen LogP contribution in [0.5, 0.6) is 0 Å². The number of halogens is 2. The van der Waals surface area contributed by atoms with Gasteiger partial charge in [0.1, 0.15) is 5.69 Å². The van der Waals surface area contributed by atoms with Gasteiger partial charge in [0.25, 0.3) is 5.91 Å². The number of amides is 1. The van der Waals surface area contributed by atoms with E-state index in [1.165, 1.54) is 23.8 Å². The van der Waals surface area contributed by atoms with Gasteiger partial charge >= 0.3 is 0 Å². The third-order valence-electron chi connectivity index (χ3n) is 2.61. The minimum atomic E-state index is -3.68. The van der Waals surface area contributed by atoms with Crippen molar-refractivity contribution in [1.82, 2.24) is 10.5 Å². The molecule has 0 fully saturated rings. The highest BCUT2D eigenvalue weighted by molar-refractivity contribution is 7.91. The third-order valence-corrected chi connectivity index (χ3v) is 4.11.